The van der Waals surface area contributed by atoms with Crippen molar-refractivity contribution in [1.82, 2.24) is 0 Å². The summed E-state index contributed by atoms with van der Waals surface area (Å²) >= 11 is 0. The van der Waals surface area contributed by atoms with Crippen LogP contribution in [-0.2, 0) is 14.3 Å². The summed E-state index contributed by atoms with van der Waals surface area (Å²) in [5.41, 5.74) is 2.07. The summed E-state index contributed by atoms with van der Waals surface area (Å²) in [6.07, 6.45) is -0.259. The van der Waals surface area contributed by atoms with Crippen molar-refractivity contribution in [2.24, 2.45) is 10.9 Å². The van der Waals surface area contributed by atoms with E-state index >= 15 is 0 Å². The van der Waals surface area contributed by atoms with E-state index in [1.54, 1.807) is 6.92 Å². The molecule has 4 heteroatoms. The summed E-state index contributed by atoms with van der Waals surface area (Å²) < 4.78 is 11.0. The number of nitrogens with zero attached hydrogens (tertiary/aromatic N) is 1. The molecule has 0 saturated heterocycles. The van der Waals surface area contributed by atoms with E-state index in [2.05, 4.69) is 4.99 Å². The minimum Gasteiger partial charge on any atom is -0.471 e. The van der Waals surface area contributed by atoms with Gasteiger partial charge in [-0.05, 0) is 31.9 Å². The molecule has 2 atom stereocenters. The van der Waals surface area contributed by atoms with Crippen LogP contribution >= 0.6 is 0 Å². The molecule has 0 spiro atoms. The highest BCUT2D eigenvalue weighted by Gasteiger charge is 2.39. The summed E-state index contributed by atoms with van der Waals surface area (Å²) in [6, 6.07) is 7.36. The Morgan fingerprint density at radius 3 is 2.55 bits per heavy atom. The van der Waals surface area contributed by atoms with E-state index in [4.69, 9.17) is 9.47 Å². The van der Waals surface area contributed by atoms with E-state index in [-0.39, 0.29) is 18.0 Å². The molecule has 1 heterocycles. The summed E-state index contributed by atoms with van der Waals surface area (Å²) in [5, 5.41) is 0. The largest absolute Gasteiger partial charge is 0.471 e. The minimum absolute atomic E-state index is 0.191. The lowest BCUT2D eigenvalue weighted by Gasteiger charge is -2.19. The van der Waals surface area contributed by atoms with Crippen LogP contribution in [0, 0.1) is 12.8 Å². The molecule has 20 heavy (non-hydrogen) atoms. The third kappa shape index (κ3) is 3.00. The van der Waals surface area contributed by atoms with Gasteiger partial charge in [0, 0.05) is 5.56 Å². The topological polar surface area (TPSA) is 47.9 Å². The molecule has 1 aliphatic rings. The molecule has 0 amide bonds. The average molecular weight is 275 g/mol. The van der Waals surface area contributed by atoms with Crippen LogP contribution in [0.2, 0.25) is 0 Å². The number of carbonyl (C=O) groups is 1. The maximum atomic E-state index is 12.0. The van der Waals surface area contributed by atoms with Gasteiger partial charge in [-0.1, -0.05) is 31.5 Å². The molecular formula is C16H21NO3. The van der Waals surface area contributed by atoms with E-state index in [9.17, 15) is 4.79 Å². The number of hydrogen-bond donors (Lipinski definition) is 0. The van der Waals surface area contributed by atoms with Crippen molar-refractivity contribution in [1.29, 1.82) is 0 Å². The van der Waals surface area contributed by atoms with Crippen LogP contribution in [-0.4, -0.2) is 30.6 Å². The number of hydrogen-bond acceptors (Lipinski definition) is 4. The number of aliphatic imine (C=N–C) groups is 1. The molecule has 1 aromatic rings. The van der Waals surface area contributed by atoms with Gasteiger partial charge in [0.1, 0.15) is 6.10 Å². The monoisotopic (exact) mass is 275 g/mol. The Balaban J connectivity index is 2.24. The van der Waals surface area contributed by atoms with Crippen molar-refractivity contribution in [3.05, 3.63) is 35.4 Å². The molecule has 108 valence electrons. The highest BCUT2D eigenvalue weighted by molar-refractivity contribution is 5.98. The number of ether oxygens (including phenoxy) is 2. The molecule has 4 nitrogen and oxygen atoms in total. The number of esters is 1. The lowest BCUT2D eigenvalue weighted by Crippen LogP contribution is -2.35. The second-order valence-electron chi connectivity index (χ2n) is 5.32. The van der Waals surface area contributed by atoms with E-state index in [1.165, 1.54) is 5.56 Å². The zero-order chi connectivity index (χ0) is 14.7. The molecule has 0 bridgehead atoms. The fraction of sp³-hybridized carbons (Fsp3) is 0.500. The van der Waals surface area contributed by atoms with Crippen molar-refractivity contribution in [2.45, 2.75) is 39.8 Å². The quantitative estimate of drug-likeness (QED) is 0.794. The fourth-order valence-corrected chi connectivity index (χ4v) is 2.18. The molecule has 0 radical (unpaired) electrons. The number of aryl methyl sites for hydroxylation is 1. The molecule has 0 saturated carbocycles. The Morgan fingerprint density at radius 2 is 2.00 bits per heavy atom. The second-order valence-corrected chi connectivity index (χ2v) is 5.32. The van der Waals surface area contributed by atoms with Gasteiger partial charge in [0.25, 0.3) is 0 Å². The van der Waals surface area contributed by atoms with E-state index in [0.29, 0.717) is 12.5 Å². The standard InChI is InChI=1S/C16H21NO3/c1-5-19-16(18)13-14(10(2)3)20-15(17-13)12-8-6-11(4)7-9-12/h6-10,13-14H,5H2,1-4H3. The molecule has 2 unspecified atom stereocenters. The lowest BCUT2D eigenvalue weighted by atomic mass is 10.0. The molecule has 2 rings (SSSR count). The molecule has 1 aliphatic heterocycles. The van der Waals surface area contributed by atoms with Crippen LogP contribution in [0.25, 0.3) is 0 Å². The number of rotatable bonds is 4. The second kappa shape index (κ2) is 6.07. The third-order valence-electron chi connectivity index (χ3n) is 3.30. The van der Waals surface area contributed by atoms with Gasteiger partial charge < -0.3 is 9.47 Å². The number of carbonyl (C=O) groups excluding carboxylic acids is 1. The van der Waals surface area contributed by atoms with Gasteiger partial charge in [0.05, 0.1) is 6.61 Å². The Labute approximate surface area is 119 Å². The van der Waals surface area contributed by atoms with Crippen molar-refractivity contribution in [2.75, 3.05) is 6.61 Å². The summed E-state index contributed by atoms with van der Waals surface area (Å²) in [7, 11) is 0. The van der Waals surface area contributed by atoms with Gasteiger partial charge in [-0.2, -0.15) is 0 Å². The maximum absolute atomic E-state index is 12.0. The Bertz CT molecular complexity index is 505. The Kier molecular flexibility index (Phi) is 4.42. The number of benzene rings is 1. The average Bonchev–Trinajstić information content (AvgIpc) is 2.85. The smallest absolute Gasteiger partial charge is 0.334 e. The zero-order valence-electron chi connectivity index (χ0n) is 12.4. The van der Waals surface area contributed by atoms with Crippen LogP contribution in [0.4, 0.5) is 0 Å². The molecule has 1 aromatic carbocycles. The Morgan fingerprint density at radius 1 is 1.35 bits per heavy atom. The van der Waals surface area contributed by atoms with Crippen LogP contribution in [0.3, 0.4) is 0 Å². The van der Waals surface area contributed by atoms with E-state index in [0.717, 1.165) is 5.56 Å². The first-order valence-electron chi connectivity index (χ1n) is 7.01. The van der Waals surface area contributed by atoms with Crippen molar-refractivity contribution in [3.8, 4) is 0 Å². The van der Waals surface area contributed by atoms with Gasteiger partial charge in [0.15, 0.2) is 6.04 Å². The highest BCUT2D eigenvalue weighted by atomic mass is 16.5. The molecular weight excluding hydrogens is 254 g/mol. The van der Waals surface area contributed by atoms with Crippen LogP contribution in [0.5, 0.6) is 0 Å². The van der Waals surface area contributed by atoms with Gasteiger partial charge in [-0.25, -0.2) is 9.79 Å². The van der Waals surface area contributed by atoms with Crippen molar-refractivity contribution >= 4 is 11.9 Å². The molecule has 0 aromatic heterocycles. The van der Waals surface area contributed by atoms with E-state index in [1.807, 2.05) is 45.0 Å². The summed E-state index contributed by atoms with van der Waals surface area (Å²) in [5.74, 6) is 0.408. The predicted octanol–water partition coefficient (Wildman–Crippen LogP) is 2.73. The Hall–Kier alpha value is -1.84. The van der Waals surface area contributed by atoms with Gasteiger partial charge in [0.2, 0.25) is 5.90 Å². The third-order valence-corrected chi connectivity index (χ3v) is 3.30. The SMILES string of the molecule is CCOC(=O)C1N=C(c2ccc(C)cc2)OC1C(C)C. The predicted molar refractivity (Wildman–Crippen MR) is 77.8 cm³/mol. The fourth-order valence-electron chi connectivity index (χ4n) is 2.18. The van der Waals surface area contributed by atoms with Crippen molar-refractivity contribution < 1.29 is 14.3 Å². The molecule has 0 aliphatic carbocycles. The molecule has 0 N–H and O–H groups in total. The first-order valence-corrected chi connectivity index (χ1v) is 7.01. The van der Waals surface area contributed by atoms with Gasteiger partial charge in [-0.3, -0.25) is 0 Å². The molecule has 0 fully saturated rings. The van der Waals surface area contributed by atoms with Crippen LogP contribution in [0.15, 0.2) is 29.3 Å². The summed E-state index contributed by atoms with van der Waals surface area (Å²) in [4.78, 5) is 16.4. The minimum atomic E-state index is -0.564. The highest BCUT2D eigenvalue weighted by Crippen LogP contribution is 2.25. The first kappa shape index (κ1) is 14.6. The van der Waals surface area contributed by atoms with Crippen LogP contribution < -0.4 is 0 Å². The maximum Gasteiger partial charge on any atom is 0.334 e. The van der Waals surface area contributed by atoms with E-state index < -0.39 is 6.04 Å². The van der Waals surface area contributed by atoms with Crippen molar-refractivity contribution in [3.63, 3.8) is 0 Å². The lowest BCUT2D eigenvalue weighted by molar-refractivity contribution is -0.146. The summed E-state index contributed by atoms with van der Waals surface area (Å²) in [6.45, 7) is 8.21. The van der Waals surface area contributed by atoms with Crippen LogP contribution in [0.1, 0.15) is 31.9 Å². The normalized spacial score (nSPS) is 21.6. The van der Waals surface area contributed by atoms with Gasteiger partial charge in [-0.15, -0.1) is 0 Å². The first-order chi connectivity index (χ1) is 9.52. The zero-order valence-corrected chi connectivity index (χ0v) is 12.4. The van der Waals surface area contributed by atoms with Gasteiger partial charge >= 0.3 is 5.97 Å².